The maximum atomic E-state index is 11.2. The molecule has 0 saturated heterocycles. The van der Waals surface area contributed by atoms with E-state index in [4.69, 9.17) is 5.11 Å². The highest BCUT2D eigenvalue weighted by molar-refractivity contribution is 7.90. The second-order valence-corrected chi connectivity index (χ2v) is 6.99. The van der Waals surface area contributed by atoms with Crippen LogP contribution in [0.2, 0.25) is 0 Å². The highest BCUT2D eigenvalue weighted by Crippen LogP contribution is 2.15. The molecule has 1 atom stereocenters. The SMILES string of the molecule is CC(CN(CC(=O)O)c1ccccc1)CS(C)(=O)=O. The number of sulfone groups is 1. The van der Waals surface area contributed by atoms with Gasteiger partial charge >= 0.3 is 5.97 Å². The molecular weight excluding hydrogens is 266 g/mol. The predicted molar refractivity (Wildman–Crippen MR) is 75.2 cm³/mol. The van der Waals surface area contributed by atoms with Crippen molar-refractivity contribution < 1.29 is 18.3 Å². The van der Waals surface area contributed by atoms with Crippen LogP contribution in [0.25, 0.3) is 0 Å². The molecule has 5 nitrogen and oxygen atoms in total. The number of nitrogens with zero attached hydrogens (tertiary/aromatic N) is 1. The van der Waals surface area contributed by atoms with Crippen molar-refractivity contribution in [2.75, 3.05) is 30.0 Å². The van der Waals surface area contributed by atoms with E-state index in [1.807, 2.05) is 30.3 Å². The van der Waals surface area contributed by atoms with Crippen LogP contribution in [0, 0.1) is 5.92 Å². The molecule has 0 aromatic heterocycles. The lowest BCUT2D eigenvalue weighted by Crippen LogP contribution is -2.35. The maximum absolute atomic E-state index is 11.2. The van der Waals surface area contributed by atoms with Crippen LogP contribution in [0.5, 0.6) is 0 Å². The van der Waals surface area contributed by atoms with E-state index >= 15 is 0 Å². The number of anilines is 1. The van der Waals surface area contributed by atoms with Crippen molar-refractivity contribution in [2.45, 2.75) is 6.92 Å². The summed E-state index contributed by atoms with van der Waals surface area (Å²) < 4.78 is 22.5. The molecular formula is C13H19NO4S. The number of hydrogen-bond acceptors (Lipinski definition) is 4. The molecule has 0 fully saturated rings. The first-order valence-corrected chi connectivity index (χ1v) is 8.03. The van der Waals surface area contributed by atoms with Gasteiger partial charge in [-0.3, -0.25) is 4.79 Å². The average molecular weight is 285 g/mol. The Balaban J connectivity index is 2.78. The second kappa shape index (κ2) is 6.56. The molecule has 0 spiro atoms. The zero-order chi connectivity index (χ0) is 14.5. The van der Waals surface area contributed by atoms with Gasteiger partial charge in [0.2, 0.25) is 0 Å². The number of para-hydroxylation sites is 1. The third-order valence-electron chi connectivity index (χ3n) is 2.57. The van der Waals surface area contributed by atoms with Crippen LogP contribution in [-0.2, 0) is 14.6 Å². The molecule has 1 unspecified atom stereocenters. The topological polar surface area (TPSA) is 74.7 Å². The van der Waals surface area contributed by atoms with Gasteiger partial charge in [0, 0.05) is 18.5 Å². The highest BCUT2D eigenvalue weighted by atomic mass is 32.2. The molecule has 0 heterocycles. The van der Waals surface area contributed by atoms with Crippen molar-refractivity contribution in [3.63, 3.8) is 0 Å². The first-order chi connectivity index (χ1) is 8.78. The van der Waals surface area contributed by atoms with Gasteiger partial charge in [0.15, 0.2) is 0 Å². The molecule has 1 N–H and O–H groups in total. The minimum Gasteiger partial charge on any atom is -0.480 e. The molecule has 106 valence electrons. The van der Waals surface area contributed by atoms with Gasteiger partial charge in [-0.2, -0.15) is 0 Å². The number of carboxylic acid groups (broad SMARTS) is 1. The number of rotatable bonds is 7. The third kappa shape index (κ3) is 6.24. The Kier molecular flexibility index (Phi) is 5.35. The fourth-order valence-corrected chi connectivity index (χ4v) is 3.15. The molecule has 0 aliphatic heterocycles. The summed E-state index contributed by atoms with van der Waals surface area (Å²) in [4.78, 5) is 12.6. The highest BCUT2D eigenvalue weighted by Gasteiger charge is 2.17. The molecule has 0 bridgehead atoms. The van der Waals surface area contributed by atoms with Crippen LogP contribution in [0.1, 0.15) is 6.92 Å². The van der Waals surface area contributed by atoms with Gasteiger partial charge in [-0.25, -0.2) is 8.42 Å². The van der Waals surface area contributed by atoms with Crippen LogP contribution in [0.4, 0.5) is 5.69 Å². The standard InChI is InChI=1S/C13H19NO4S/c1-11(10-19(2,17)18)8-14(9-13(15)16)12-6-4-3-5-7-12/h3-7,11H,8-10H2,1-2H3,(H,15,16). The Morgan fingerprint density at radius 3 is 2.37 bits per heavy atom. The zero-order valence-corrected chi connectivity index (χ0v) is 11.9. The Labute approximate surface area is 113 Å². The van der Waals surface area contributed by atoms with Crippen LogP contribution in [0.3, 0.4) is 0 Å². The summed E-state index contributed by atoms with van der Waals surface area (Å²) in [6.45, 7) is 2.06. The van der Waals surface area contributed by atoms with Crippen molar-refractivity contribution in [1.82, 2.24) is 0 Å². The van der Waals surface area contributed by atoms with Gasteiger partial charge in [0.25, 0.3) is 0 Å². The summed E-state index contributed by atoms with van der Waals surface area (Å²) in [5.74, 6) is -1.01. The van der Waals surface area contributed by atoms with Gasteiger partial charge in [-0.05, 0) is 18.1 Å². The largest absolute Gasteiger partial charge is 0.480 e. The van der Waals surface area contributed by atoms with E-state index in [9.17, 15) is 13.2 Å². The van der Waals surface area contributed by atoms with E-state index in [2.05, 4.69) is 0 Å². The van der Waals surface area contributed by atoms with Crippen LogP contribution >= 0.6 is 0 Å². The van der Waals surface area contributed by atoms with Gasteiger partial charge in [0.05, 0.1) is 5.75 Å². The van der Waals surface area contributed by atoms with E-state index < -0.39 is 15.8 Å². The lowest BCUT2D eigenvalue weighted by molar-refractivity contribution is -0.135. The smallest absolute Gasteiger partial charge is 0.323 e. The van der Waals surface area contributed by atoms with Crippen molar-refractivity contribution >= 4 is 21.5 Å². The summed E-state index contributed by atoms with van der Waals surface area (Å²) in [5, 5.41) is 8.93. The van der Waals surface area contributed by atoms with E-state index in [1.54, 1.807) is 11.8 Å². The van der Waals surface area contributed by atoms with Crippen molar-refractivity contribution in [3.05, 3.63) is 30.3 Å². The number of carboxylic acids is 1. The van der Waals surface area contributed by atoms with E-state index in [0.29, 0.717) is 6.54 Å². The monoisotopic (exact) mass is 285 g/mol. The molecule has 0 aliphatic carbocycles. The third-order valence-corrected chi connectivity index (χ3v) is 3.74. The minimum atomic E-state index is -3.05. The molecule has 6 heteroatoms. The molecule has 1 rings (SSSR count). The second-order valence-electron chi connectivity index (χ2n) is 4.81. The number of benzene rings is 1. The summed E-state index contributed by atoms with van der Waals surface area (Å²) in [6.07, 6.45) is 1.19. The molecule has 0 aliphatic rings. The van der Waals surface area contributed by atoms with Gasteiger partial charge in [-0.1, -0.05) is 25.1 Å². The van der Waals surface area contributed by atoms with Crippen LogP contribution < -0.4 is 4.90 Å². The van der Waals surface area contributed by atoms with Crippen molar-refractivity contribution in [3.8, 4) is 0 Å². The van der Waals surface area contributed by atoms with E-state index in [-0.39, 0.29) is 18.2 Å². The normalized spacial score (nSPS) is 12.9. The molecule has 19 heavy (non-hydrogen) atoms. The first kappa shape index (κ1) is 15.5. The van der Waals surface area contributed by atoms with Gasteiger partial charge in [-0.15, -0.1) is 0 Å². The summed E-state index contributed by atoms with van der Waals surface area (Å²) in [5.41, 5.74) is 0.783. The van der Waals surface area contributed by atoms with E-state index in [1.165, 1.54) is 6.26 Å². The minimum absolute atomic E-state index is 0.0515. The number of hydrogen-bond donors (Lipinski definition) is 1. The molecule has 1 aromatic rings. The maximum Gasteiger partial charge on any atom is 0.323 e. The zero-order valence-electron chi connectivity index (χ0n) is 11.1. The predicted octanol–water partition coefficient (Wildman–Crippen LogP) is 1.26. The average Bonchev–Trinajstić information content (AvgIpc) is 2.26. The Hall–Kier alpha value is -1.56. The molecule has 1 aromatic carbocycles. The lowest BCUT2D eigenvalue weighted by atomic mass is 10.2. The van der Waals surface area contributed by atoms with Crippen LogP contribution in [0.15, 0.2) is 30.3 Å². The lowest BCUT2D eigenvalue weighted by Gasteiger charge is -2.26. The van der Waals surface area contributed by atoms with Crippen molar-refractivity contribution in [2.24, 2.45) is 5.92 Å². The summed E-state index contributed by atoms with van der Waals surface area (Å²) >= 11 is 0. The number of carbonyl (C=O) groups is 1. The quantitative estimate of drug-likeness (QED) is 0.816. The molecule has 0 amide bonds. The molecule has 0 saturated carbocycles. The van der Waals surface area contributed by atoms with Crippen LogP contribution in [-0.4, -0.2) is 44.6 Å². The number of aliphatic carboxylic acids is 1. The van der Waals surface area contributed by atoms with Gasteiger partial charge in [0.1, 0.15) is 16.4 Å². The fraction of sp³-hybridized carbons (Fsp3) is 0.462. The van der Waals surface area contributed by atoms with E-state index in [0.717, 1.165) is 5.69 Å². The summed E-state index contributed by atoms with van der Waals surface area (Å²) in [7, 11) is -3.05. The Morgan fingerprint density at radius 1 is 1.32 bits per heavy atom. The van der Waals surface area contributed by atoms with Crippen molar-refractivity contribution in [1.29, 1.82) is 0 Å². The summed E-state index contributed by atoms with van der Waals surface area (Å²) in [6, 6.07) is 9.13. The Morgan fingerprint density at radius 2 is 1.89 bits per heavy atom. The fourth-order valence-electron chi connectivity index (χ4n) is 2.01. The Bertz CT molecular complexity index is 513. The molecule has 0 radical (unpaired) electrons. The van der Waals surface area contributed by atoms with Gasteiger partial charge < -0.3 is 10.0 Å². The first-order valence-electron chi connectivity index (χ1n) is 5.97.